The van der Waals surface area contributed by atoms with Crippen LogP contribution in [0.2, 0.25) is 0 Å². The first kappa shape index (κ1) is 15.0. The molecular weight excluding hydrogens is 182 g/mol. The van der Waals surface area contributed by atoms with E-state index in [1.807, 2.05) is 27.7 Å². The zero-order valence-corrected chi connectivity index (χ0v) is 11.7. The van der Waals surface area contributed by atoms with Gasteiger partial charge in [0.15, 0.2) is 0 Å². The van der Waals surface area contributed by atoms with Gasteiger partial charge < -0.3 is 4.90 Å². The Morgan fingerprint density at radius 1 is 0.933 bits per heavy atom. The van der Waals surface area contributed by atoms with Gasteiger partial charge in [-0.25, -0.2) is 0 Å². The van der Waals surface area contributed by atoms with Gasteiger partial charge in [0.25, 0.3) is 0 Å². The summed E-state index contributed by atoms with van der Waals surface area (Å²) in [7, 11) is 2.27. The highest BCUT2D eigenvalue weighted by atomic mass is 15.1. The first-order valence-corrected chi connectivity index (χ1v) is 6.96. The quantitative estimate of drug-likeness (QED) is 0.587. The lowest BCUT2D eigenvalue weighted by molar-refractivity contribution is 0.214. The molecule has 92 valence electrons. The summed E-state index contributed by atoms with van der Waals surface area (Å²) in [4.78, 5) is 2.51. The highest BCUT2D eigenvalue weighted by molar-refractivity contribution is 4.88. The summed E-state index contributed by atoms with van der Waals surface area (Å²) in [5.41, 5.74) is 0. The molecule has 0 amide bonds. The van der Waals surface area contributed by atoms with E-state index >= 15 is 0 Å². The zero-order chi connectivity index (χ0) is 11.8. The highest BCUT2D eigenvalue weighted by Gasteiger charge is 2.36. The maximum absolute atomic E-state index is 2.51. The molecule has 1 saturated carbocycles. The second-order valence-corrected chi connectivity index (χ2v) is 4.55. The van der Waals surface area contributed by atoms with Gasteiger partial charge in [-0.2, -0.15) is 0 Å². The minimum atomic E-state index is 0.999. The van der Waals surface area contributed by atoms with Crippen LogP contribution in [-0.2, 0) is 0 Å². The van der Waals surface area contributed by atoms with Crippen LogP contribution in [0.25, 0.3) is 0 Å². The summed E-state index contributed by atoms with van der Waals surface area (Å²) < 4.78 is 0. The largest absolute Gasteiger partial charge is 0.306 e. The van der Waals surface area contributed by atoms with E-state index < -0.39 is 0 Å². The molecule has 1 aliphatic carbocycles. The summed E-state index contributed by atoms with van der Waals surface area (Å²) >= 11 is 0. The second kappa shape index (κ2) is 8.15. The van der Waals surface area contributed by atoms with Crippen LogP contribution in [0, 0.1) is 17.8 Å². The van der Waals surface area contributed by atoms with E-state index in [4.69, 9.17) is 0 Å². The number of hydrogen-bond acceptors (Lipinski definition) is 1. The molecule has 0 aromatic rings. The Kier molecular flexibility index (Phi) is 8.13. The summed E-state index contributed by atoms with van der Waals surface area (Å²) in [5.74, 6) is 3.08. The number of fused-ring (bicyclic) bond motifs is 1. The summed E-state index contributed by atoms with van der Waals surface area (Å²) in [6.45, 7) is 13.2. The molecule has 15 heavy (non-hydrogen) atoms. The minimum absolute atomic E-state index is 0.999. The van der Waals surface area contributed by atoms with Gasteiger partial charge in [0.05, 0.1) is 0 Å². The van der Waals surface area contributed by atoms with Crippen molar-refractivity contribution in [2.24, 2.45) is 17.8 Å². The Morgan fingerprint density at radius 3 is 2.07 bits per heavy atom. The molecule has 3 atom stereocenters. The van der Waals surface area contributed by atoms with Crippen molar-refractivity contribution in [3.8, 4) is 0 Å². The molecule has 0 spiro atoms. The van der Waals surface area contributed by atoms with Crippen molar-refractivity contribution >= 4 is 0 Å². The van der Waals surface area contributed by atoms with Crippen molar-refractivity contribution in [1.29, 1.82) is 0 Å². The molecular formula is C14H31N. The Balaban J connectivity index is 0.000000442. The van der Waals surface area contributed by atoms with Crippen LogP contribution in [0.1, 0.15) is 53.9 Å². The Morgan fingerprint density at radius 2 is 1.53 bits per heavy atom. The molecule has 0 aromatic heterocycles. The Bertz CT molecular complexity index is 144. The van der Waals surface area contributed by atoms with Crippen LogP contribution in [0.5, 0.6) is 0 Å². The van der Waals surface area contributed by atoms with Crippen LogP contribution < -0.4 is 0 Å². The number of rotatable bonds is 0. The van der Waals surface area contributed by atoms with E-state index in [2.05, 4.69) is 18.9 Å². The van der Waals surface area contributed by atoms with E-state index in [-0.39, 0.29) is 0 Å². The topological polar surface area (TPSA) is 3.24 Å². The van der Waals surface area contributed by atoms with Crippen LogP contribution in [0.15, 0.2) is 0 Å². The van der Waals surface area contributed by atoms with Crippen LogP contribution in [0.3, 0.4) is 0 Å². The molecule has 0 aromatic carbocycles. The molecule has 2 rings (SSSR count). The van der Waals surface area contributed by atoms with E-state index in [0.717, 1.165) is 17.8 Å². The van der Waals surface area contributed by atoms with Gasteiger partial charge in [-0.05, 0) is 31.2 Å². The van der Waals surface area contributed by atoms with Crippen molar-refractivity contribution in [3.63, 3.8) is 0 Å². The lowest BCUT2D eigenvalue weighted by Gasteiger charge is -2.30. The lowest BCUT2D eigenvalue weighted by Crippen LogP contribution is -2.24. The first-order valence-electron chi connectivity index (χ1n) is 6.96. The van der Waals surface area contributed by atoms with Gasteiger partial charge in [-0.15, -0.1) is 0 Å². The van der Waals surface area contributed by atoms with Gasteiger partial charge in [-0.3, -0.25) is 0 Å². The number of likely N-dealkylation sites (tertiary alicyclic amines) is 1. The molecule has 1 aliphatic heterocycles. The third-order valence-electron chi connectivity index (χ3n) is 3.64. The lowest BCUT2D eigenvalue weighted by atomic mass is 9.75. The fraction of sp³-hybridized carbons (Fsp3) is 1.00. The van der Waals surface area contributed by atoms with Gasteiger partial charge in [0.1, 0.15) is 0 Å². The molecule has 3 unspecified atom stereocenters. The molecule has 0 N–H and O–H groups in total. The SMILES string of the molecule is CC.CC.CC1CCCC2CN(C)CC12. The maximum atomic E-state index is 2.51. The molecule has 1 nitrogen and oxygen atoms in total. The smallest absolute Gasteiger partial charge is 0.00124 e. The number of nitrogens with zero attached hydrogens (tertiary/aromatic N) is 1. The second-order valence-electron chi connectivity index (χ2n) is 4.55. The zero-order valence-electron chi connectivity index (χ0n) is 11.7. The van der Waals surface area contributed by atoms with Crippen LogP contribution in [0.4, 0.5) is 0 Å². The summed E-state index contributed by atoms with van der Waals surface area (Å²) in [5, 5.41) is 0. The van der Waals surface area contributed by atoms with Crippen molar-refractivity contribution in [2.75, 3.05) is 20.1 Å². The normalized spacial score (nSPS) is 34.4. The molecule has 2 fully saturated rings. The van der Waals surface area contributed by atoms with Crippen molar-refractivity contribution in [3.05, 3.63) is 0 Å². The van der Waals surface area contributed by atoms with Gasteiger partial charge in [-0.1, -0.05) is 47.5 Å². The van der Waals surface area contributed by atoms with Gasteiger partial charge >= 0.3 is 0 Å². The molecule has 1 heterocycles. The van der Waals surface area contributed by atoms with E-state index in [9.17, 15) is 0 Å². The monoisotopic (exact) mass is 213 g/mol. The Hall–Kier alpha value is -0.0400. The van der Waals surface area contributed by atoms with Crippen molar-refractivity contribution in [1.82, 2.24) is 4.90 Å². The van der Waals surface area contributed by atoms with Gasteiger partial charge in [0.2, 0.25) is 0 Å². The maximum Gasteiger partial charge on any atom is 0.00124 e. The first-order chi connectivity index (χ1) is 7.27. The van der Waals surface area contributed by atoms with E-state index in [1.54, 1.807) is 0 Å². The molecule has 2 aliphatic rings. The molecule has 1 saturated heterocycles. The number of hydrogen-bond donors (Lipinski definition) is 0. The Labute approximate surface area is 97.2 Å². The average molecular weight is 213 g/mol. The van der Waals surface area contributed by atoms with Crippen molar-refractivity contribution in [2.45, 2.75) is 53.9 Å². The summed E-state index contributed by atoms with van der Waals surface area (Å²) in [6.07, 6.45) is 4.46. The van der Waals surface area contributed by atoms with Crippen LogP contribution >= 0.6 is 0 Å². The predicted octanol–water partition coefficient (Wildman–Crippen LogP) is 4.04. The van der Waals surface area contributed by atoms with E-state index in [0.29, 0.717) is 0 Å². The molecule has 1 heteroatoms. The fourth-order valence-electron chi connectivity index (χ4n) is 2.99. The third-order valence-corrected chi connectivity index (χ3v) is 3.64. The van der Waals surface area contributed by atoms with E-state index in [1.165, 1.54) is 32.4 Å². The standard InChI is InChI=1S/C10H19N.2C2H6/c1-8-4-3-5-9-6-11(2)7-10(8)9;2*1-2/h8-10H,3-7H2,1-2H3;2*1-2H3. The minimum Gasteiger partial charge on any atom is -0.306 e. The molecule has 0 radical (unpaired) electrons. The highest BCUT2D eigenvalue weighted by Crippen LogP contribution is 2.38. The van der Waals surface area contributed by atoms with Crippen molar-refractivity contribution < 1.29 is 0 Å². The third kappa shape index (κ3) is 4.14. The molecule has 0 bridgehead atoms. The van der Waals surface area contributed by atoms with Crippen LogP contribution in [-0.4, -0.2) is 25.0 Å². The van der Waals surface area contributed by atoms with Gasteiger partial charge in [0, 0.05) is 13.1 Å². The average Bonchev–Trinajstić information content (AvgIpc) is 2.66. The summed E-state index contributed by atoms with van der Waals surface area (Å²) in [6, 6.07) is 0. The predicted molar refractivity (Wildman–Crippen MR) is 70.2 cm³/mol. The fourth-order valence-corrected chi connectivity index (χ4v) is 2.99.